The molecule has 0 amide bonds. The maximum absolute atomic E-state index is 10.5. The highest BCUT2D eigenvalue weighted by Gasteiger charge is 2.17. The van der Waals surface area contributed by atoms with Gasteiger partial charge in [-0.05, 0) is 54.4 Å². The zero-order valence-electron chi connectivity index (χ0n) is 16.9. The van der Waals surface area contributed by atoms with Gasteiger partial charge >= 0.3 is 0 Å². The van der Waals surface area contributed by atoms with Gasteiger partial charge in [-0.2, -0.15) is 4.98 Å². The largest absolute Gasteiger partial charge is 0.508 e. The Morgan fingerprint density at radius 3 is 2.23 bits per heavy atom. The first-order valence-corrected chi connectivity index (χ1v) is 9.79. The second-order valence-electron chi connectivity index (χ2n) is 6.98. The van der Waals surface area contributed by atoms with Gasteiger partial charge in [0.1, 0.15) is 23.1 Å². The number of nitrogen functional groups attached to an aromatic ring is 1. The Bertz CT molecular complexity index is 1230. The SMILES string of the molecule is CCN(c1cc(-c2cc(-c3ccc(O)cc3)ccc2O)nc(N)n1)c1ccccc1O. The molecule has 1 heterocycles. The molecule has 0 spiro atoms. The Morgan fingerprint density at radius 1 is 0.806 bits per heavy atom. The predicted molar refractivity (Wildman–Crippen MR) is 121 cm³/mol. The average molecular weight is 414 g/mol. The average Bonchev–Trinajstić information content (AvgIpc) is 2.76. The summed E-state index contributed by atoms with van der Waals surface area (Å²) in [4.78, 5) is 10.5. The summed E-state index contributed by atoms with van der Waals surface area (Å²) in [6.45, 7) is 2.47. The number of benzene rings is 3. The molecule has 0 unspecified atom stereocenters. The molecule has 0 aliphatic carbocycles. The lowest BCUT2D eigenvalue weighted by Gasteiger charge is -2.23. The molecule has 7 nitrogen and oxygen atoms in total. The standard InChI is InChI=1S/C24H22N4O3/c1-2-28(20-5-3-4-6-22(20)31)23-14-19(26-24(25)27-23)18-13-16(9-12-21(18)30)15-7-10-17(29)11-8-15/h3-14,29-31H,2H2,1H3,(H2,25,26,27). The number of anilines is 3. The fraction of sp³-hybridized carbons (Fsp3) is 0.0833. The molecule has 0 aliphatic heterocycles. The van der Waals surface area contributed by atoms with Crippen LogP contribution in [0, 0.1) is 0 Å². The van der Waals surface area contributed by atoms with E-state index in [0.717, 1.165) is 11.1 Å². The summed E-state index contributed by atoms with van der Waals surface area (Å²) in [5, 5.41) is 30.3. The van der Waals surface area contributed by atoms with E-state index in [1.807, 2.05) is 24.0 Å². The molecule has 4 rings (SSSR count). The summed E-state index contributed by atoms with van der Waals surface area (Å²) >= 11 is 0. The predicted octanol–water partition coefficient (Wildman–Crippen LogP) is 4.67. The molecule has 0 atom stereocenters. The van der Waals surface area contributed by atoms with Crippen LogP contribution >= 0.6 is 0 Å². The van der Waals surface area contributed by atoms with Crippen molar-refractivity contribution in [2.45, 2.75) is 6.92 Å². The number of phenols is 3. The Labute approximate surface area is 179 Å². The normalized spacial score (nSPS) is 10.7. The fourth-order valence-corrected chi connectivity index (χ4v) is 3.45. The van der Waals surface area contributed by atoms with Crippen molar-refractivity contribution in [2.24, 2.45) is 0 Å². The van der Waals surface area contributed by atoms with Crippen molar-refractivity contribution in [1.29, 1.82) is 0 Å². The molecule has 156 valence electrons. The van der Waals surface area contributed by atoms with Crippen LogP contribution in [-0.2, 0) is 0 Å². The fourth-order valence-electron chi connectivity index (χ4n) is 3.45. The van der Waals surface area contributed by atoms with Crippen LogP contribution in [0.5, 0.6) is 17.2 Å². The van der Waals surface area contributed by atoms with E-state index in [4.69, 9.17) is 5.73 Å². The zero-order chi connectivity index (χ0) is 22.0. The van der Waals surface area contributed by atoms with Crippen LogP contribution in [0.2, 0.25) is 0 Å². The molecular formula is C24H22N4O3. The molecule has 0 radical (unpaired) electrons. The Balaban J connectivity index is 1.81. The Morgan fingerprint density at radius 2 is 1.52 bits per heavy atom. The summed E-state index contributed by atoms with van der Waals surface area (Å²) in [6.07, 6.45) is 0. The van der Waals surface area contributed by atoms with Crippen molar-refractivity contribution >= 4 is 17.5 Å². The minimum atomic E-state index is 0.0517. The molecule has 3 aromatic carbocycles. The number of rotatable bonds is 5. The third-order valence-corrected chi connectivity index (χ3v) is 4.97. The second kappa shape index (κ2) is 8.23. The van der Waals surface area contributed by atoms with Gasteiger partial charge in [0, 0.05) is 18.2 Å². The van der Waals surface area contributed by atoms with Crippen molar-refractivity contribution in [3.05, 3.63) is 72.8 Å². The maximum atomic E-state index is 10.5. The molecule has 4 aromatic rings. The van der Waals surface area contributed by atoms with Crippen molar-refractivity contribution in [3.63, 3.8) is 0 Å². The number of hydrogen-bond acceptors (Lipinski definition) is 7. The molecule has 31 heavy (non-hydrogen) atoms. The smallest absolute Gasteiger partial charge is 0.222 e. The van der Waals surface area contributed by atoms with Crippen LogP contribution in [0.1, 0.15) is 6.92 Å². The summed E-state index contributed by atoms with van der Waals surface area (Å²) in [5.41, 5.74) is 9.27. The number of hydrogen-bond donors (Lipinski definition) is 4. The molecule has 1 aromatic heterocycles. The molecule has 5 N–H and O–H groups in total. The van der Waals surface area contributed by atoms with Gasteiger partial charge in [0.25, 0.3) is 0 Å². The lowest BCUT2D eigenvalue weighted by molar-refractivity contribution is 0.475. The van der Waals surface area contributed by atoms with Gasteiger partial charge in [-0.1, -0.05) is 30.3 Å². The van der Waals surface area contributed by atoms with E-state index in [-0.39, 0.29) is 23.2 Å². The van der Waals surface area contributed by atoms with Crippen LogP contribution in [0.4, 0.5) is 17.5 Å². The van der Waals surface area contributed by atoms with E-state index in [9.17, 15) is 15.3 Å². The van der Waals surface area contributed by atoms with Gasteiger partial charge in [-0.3, -0.25) is 0 Å². The van der Waals surface area contributed by atoms with Crippen LogP contribution in [0.3, 0.4) is 0 Å². The number of nitrogens with two attached hydrogens (primary N) is 1. The first kappa shape index (κ1) is 20.0. The van der Waals surface area contributed by atoms with E-state index in [1.54, 1.807) is 60.7 Å². The van der Waals surface area contributed by atoms with Gasteiger partial charge < -0.3 is 26.0 Å². The number of phenolic OH excluding ortho intramolecular Hbond substituents is 3. The molecule has 7 heteroatoms. The molecule has 0 bridgehead atoms. The van der Waals surface area contributed by atoms with E-state index in [1.165, 1.54) is 0 Å². The highest BCUT2D eigenvalue weighted by molar-refractivity contribution is 5.78. The third kappa shape index (κ3) is 4.06. The Hall–Kier alpha value is -4.26. The monoisotopic (exact) mass is 414 g/mol. The van der Waals surface area contributed by atoms with E-state index in [0.29, 0.717) is 29.3 Å². The van der Waals surface area contributed by atoms with Gasteiger partial charge in [-0.25, -0.2) is 4.98 Å². The second-order valence-corrected chi connectivity index (χ2v) is 6.98. The van der Waals surface area contributed by atoms with Crippen molar-refractivity contribution in [1.82, 2.24) is 9.97 Å². The summed E-state index contributed by atoms with van der Waals surface area (Å²) < 4.78 is 0. The molecule has 0 aliphatic rings. The van der Waals surface area contributed by atoms with E-state index in [2.05, 4.69) is 9.97 Å². The highest BCUT2D eigenvalue weighted by atomic mass is 16.3. The molecule has 0 saturated heterocycles. The Kier molecular flexibility index (Phi) is 5.32. The van der Waals surface area contributed by atoms with Crippen LogP contribution in [0.25, 0.3) is 22.4 Å². The van der Waals surface area contributed by atoms with E-state index < -0.39 is 0 Å². The summed E-state index contributed by atoms with van der Waals surface area (Å²) in [6, 6.07) is 20.7. The zero-order valence-corrected chi connectivity index (χ0v) is 16.9. The molecular weight excluding hydrogens is 392 g/mol. The topological polar surface area (TPSA) is 116 Å². The maximum Gasteiger partial charge on any atom is 0.222 e. The number of nitrogens with zero attached hydrogens (tertiary/aromatic N) is 3. The first-order valence-electron chi connectivity index (χ1n) is 9.79. The van der Waals surface area contributed by atoms with Crippen LogP contribution in [-0.4, -0.2) is 31.8 Å². The first-order chi connectivity index (χ1) is 15.0. The minimum absolute atomic E-state index is 0.0517. The number of para-hydroxylation sites is 2. The highest BCUT2D eigenvalue weighted by Crippen LogP contribution is 2.37. The summed E-state index contributed by atoms with van der Waals surface area (Å²) in [5.74, 6) is 0.911. The minimum Gasteiger partial charge on any atom is -0.508 e. The lowest BCUT2D eigenvalue weighted by Crippen LogP contribution is -2.18. The van der Waals surface area contributed by atoms with Crippen molar-refractivity contribution in [2.75, 3.05) is 17.2 Å². The number of aromatic nitrogens is 2. The van der Waals surface area contributed by atoms with Crippen molar-refractivity contribution in [3.8, 4) is 39.6 Å². The van der Waals surface area contributed by atoms with Crippen LogP contribution < -0.4 is 10.6 Å². The third-order valence-electron chi connectivity index (χ3n) is 4.97. The van der Waals surface area contributed by atoms with Gasteiger partial charge in [0.2, 0.25) is 5.95 Å². The van der Waals surface area contributed by atoms with Gasteiger partial charge in [-0.15, -0.1) is 0 Å². The van der Waals surface area contributed by atoms with E-state index >= 15 is 0 Å². The molecule has 0 fully saturated rings. The lowest BCUT2D eigenvalue weighted by atomic mass is 10.0. The van der Waals surface area contributed by atoms with Gasteiger partial charge in [0.15, 0.2) is 0 Å². The van der Waals surface area contributed by atoms with Gasteiger partial charge in [0.05, 0.1) is 11.4 Å². The summed E-state index contributed by atoms with van der Waals surface area (Å²) in [7, 11) is 0. The quantitative estimate of drug-likeness (QED) is 0.375. The van der Waals surface area contributed by atoms with Crippen molar-refractivity contribution < 1.29 is 15.3 Å². The molecule has 0 saturated carbocycles. The van der Waals surface area contributed by atoms with Crippen LogP contribution in [0.15, 0.2) is 72.8 Å². The number of aromatic hydroxyl groups is 3.